The Kier molecular flexibility index (Phi) is 7.45. The number of Topliss-reactive ketones (excluding diaryl/α,β-unsaturated/α-hetero) is 1. The third-order valence-corrected chi connectivity index (χ3v) is 3.63. The van der Waals surface area contributed by atoms with Gasteiger partial charge in [0.25, 0.3) is 0 Å². The van der Waals surface area contributed by atoms with E-state index >= 15 is 0 Å². The summed E-state index contributed by atoms with van der Waals surface area (Å²) in [7, 11) is 0. The molecule has 4 nitrogen and oxygen atoms in total. The zero-order valence-corrected chi connectivity index (χ0v) is 14.7. The number of urea groups is 1. The minimum Gasteiger partial charge on any atom is -0.351 e. The molecule has 2 aliphatic carbocycles. The van der Waals surface area contributed by atoms with E-state index in [2.05, 4.69) is 11.4 Å². The van der Waals surface area contributed by atoms with Gasteiger partial charge in [-0.25, -0.2) is 4.79 Å². The number of nitrogens with two attached hydrogens (primary N) is 1. The van der Waals surface area contributed by atoms with E-state index in [0.717, 1.165) is 36.8 Å². The zero-order valence-electron chi connectivity index (χ0n) is 13.9. The van der Waals surface area contributed by atoms with Gasteiger partial charge in [0, 0.05) is 12.0 Å². The molecule has 5 heteroatoms. The first kappa shape index (κ1) is 18.6. The number of hydrogen-bond acceptors (Lipinski definition) is 3. The first-order valence-electron chi connectivity index (χ1n) is 7.75. The van der Waals surface area contributed by atoms with Gasteiger partial charge in [-0.05, 0) is 54.9 Å². The highest BCUT2D eigenvalue weighted by molar-refractivity contribution is 7.97. The summed E-state index contributed by atoms with van der Waals surface area (Å²) in [6.07, 6.45) is 8.45. The summed E-state index contributed by atoms with van der Waals surface area (Å²) in [5.74, 6) is 0.124. The van der Waals surface area contributed by atoms with Crippen LogP contribution < -0.4 is 11.1 Å². The van der Waals surface area contributed by atoms with E-state index in [0.29, 0.717) is 17.7 Å². The lowest BCUT2D eigenvalue weighted by Crippen LogP contribution is -2.22. The minimum atomic E-state index is -0.591. The summed E-state index contributed by atoms with van der Waals surface area (Å²) in [6, 6.07) is 1.54. The Morgan fingerprint density at radius 3 is 2.36 bits per heavy atom. The molecule has 0 fully saturated rings. The van der Waals surface area contributed by atoms with Gasteiger partial charge in [0.15, 0.2) is 5.78 Å². The molecule has 2 amide bonds. The Morgan fingerprint density at radius 1 is 1.14 bits per heavy atom. The minimum absolute atomic E-state index is 0.124. The Labute approximate surface area is 137 Å². The fourth-order valence-electron chi connectivity index (χ4n) is 2.96. The Hall–Kier alpha value is -1.49. The number of anilines is 1. The van der Waals surface area contributed by atoms with Crippen LogP contribution in [-0.4, -0.2) is 24.3 Å². The molecule has 3 N–H and O–H groups in total. The molecule has 1 aromatic carbocycles. The fourth-order valence-corrected chi connectivity index (χ4v) is 2.96. The largest absolute Gasteiger partial charge is 0.351 e. The van der Waals surface area contributed by atoms with Crippen LogP contribution >= 0.6 is 11.8 Å². The second-order valence-electron chi connectivity index (χ2n) is 5.10. The van der Waals surface area contributed by atoms with E-state index in [4.69, 9.17) is 5.73 Å². The molecule has 0 bridgehead atoms. The van der Waals surface area contributed by atoms with Crippen LogP contribution in [0.2, 0.25) is 0 Å². The summed E-state index contributed by atoms with van der Waals surface area (Å²) in [5.41, 5.74) is 10.0. The van der Waals surface area contributed by atoms with E-state index in [1.54, 1.807) is 11.8 Å². The van der Waals surface area contributed by atoms with Crippen molar-refractivity contribution in [3.05, 3.63) is 28.3 Å². The van der Waals surface area contributed by atoms with E-state index < -0.39 is 6.03 Å². The lowest BCUT2D eigenvalue weighted by Gasteiger charge is -2.13. The maximum Gasteiger partial charge on any atom is 0.316 e. The maximum atomic E-state index is 11.9. The highest BCUT2D eigenvalue weighted by Gasteiger charge is 2.29. The van der Waals surface area contributed by atoms with Crippen molar-refractivity contribution in [1.29, 1.82) is 0 Å². The Morgan fingerprint density at radius 2 is 1.77 bits per heavy atom. The number of carbonyl (C=O) groups excluding carboxylic acids is 2. The Balaban J connectivity index is 0.000000435. The molecule has 1 aromatic rings. The fraction of sp³-hybridized carbons (Fsp3) is 0.529. The van der Waals surface area contributed by atoms with Gasteiger partial charge < -0.3 is 11.1 Å². The average molecular weight is 322 g/mol. The molecule has 0 unspecified atom stereocenters. The van der Waals surface area contributed by atoms with E-state index in [-0.39, 0.29) is 5.78 Å². The van der Waals surface area contributed by atoms with Crippen LogP contribution in [0.3, 0.4) is 0 Å². The van der Waals surface area contributed by atoms with Crippen LogP contribution in [0.5, 0.6) is 0 Å². The number of carbonyl (C=O) groups is 2. The monoisotopic (exact) mass is 322 g/mol. The normalized spacial score (nSPS) is 14.1. The predicted octanol–water partition coefficient (Wildman–Crippen LogP) is 3.80. The van der Waals surface area contributed by atoms with Crippen molar-refractivity contribution in [2.24, 2.45) is 5.73 Å². The number of benzene rings is 1. The summed E-state index contributed by atoms with van der Waals surface area (Å²) < 4.78 is 0. The van der Waals surface area contributed by atoms with Crippen molar-refractivity contribution in [2.75, 3.05) is 17.8 Å². The quantitative estimate of drug-likeness (QED) is 0.826. The van der Waals surface area contributed by atoms with Crippen molar-refractivity contribution in [2.45, 2.75) is 46.0 Å². The summed E-state index contributed by atoms with van der Waals surface area (Å²) in [6.45, 7) is 4.00. The van der Waals surface area contributed by atoms with E-state index in [9.17, 15) is 9.59 Å². The molecule has 22 heavy (non-hydrogen) atoms. The van der Waals surface area contributed by atoms with E-state index in [1.807, 2.05) is 26.4 Å². The van der Waals surface area contributed by atoms with Crippen LogP contribution in [0.15, 0.2) is 6.07 Å². The number of aryl methyl sites for hydroxylation is 2. The lowest BCUT2D eigenvalue weighted by atomic mass is 9.98. The topological polar surface area (TPSA) is 72.2 Å². The number of primary amides is 1. The summed E-state index contributed by atoms with van der Waals surface area (Å²) in [5, 5.41) is 2.65. The van der Waals surface area contributed by atoms with Crippen molar-refractivity contribution in [3.8, 4) is 0 Å². The molecule has 0 aliphatic heterocycles. The molecular weight excluding hydrogens is 296 g/mol. The van der Waals surface area contributed by atoms with Gasteiger partial charge in [0.05, 0.1) is 5.69 Å². The third kappa shape index (κ3) is 4.03. The molecule has 0 saturated carbocycles. The van der Waals surface area contributed by atoms with Crippen molar-refractivity contribution < 1.29 is 9.59 Å². The van der Waals surface area contributed by atoms with Gasteiger partial charge in [-0.15, -0.1) is 0 Å². The predicted molar refractivity (Wildman–Crippen MR) is 95.1 cm³/mol. The number of thioether (sulfide) groups is 1. The highest BCUT2D eigenvalue weighted by atomic mass is 32.2. The van der Waals surface area contributed by atoms with Crippen LogP contribution in [0, 0.1) is 0 Å². The number of nitrogens with one attached hydrogen (secondary N) is 1. The van der Waals surface area contributed by atoms with Crippen LogP contribution in [0.1, 0.15) is 53.7 Å². The standard InChI is InChI=1S/C13H14N2O2.C2H6S.C2H6/c14-13(17)15-12-9-3-1-2-7(9)6-8-4-5-10(16)11(8)12;1-3-2;1-2/h6H,1-5H2,(H3,14,15,17);1-2H3;1-2H3. The number of fused-ring (bicyclic) bond motifs is 2. The lowest BCUT2D eigenvalue weighted by molar-refractivity contribution is 0.0995. The number of rotatable bonds is 1. The second kappa shape index (κ2) is 8.83. The van der Waals surface area contributed by atoms with Crippen LogP contribution in [-0.2, 0) is 19.3 Å². The van der Waals surface area contributed by atoms with Gasteiger partial charge in [-0.3, -0.25) is 4.79 Å². The number of hydrogen-bond donors (Lipinski definition) is 2. The SMILES string of the molecule is CC.CSC.NC(=O)Nc1c2c(cc3c1C(=O)CC3)CCC2. The van der Waals surface area contributed by atoms with Crippen LogP contribution in [0.25, 0.3) is 0 Å². The van der Waals surface area contributed by atoms with Gasteiger partial charge >= 0.3 is 6.03 Å². The molecule has 0 atom stereocenters. The molecule has 122 valence electrons. The van der Waals surface area contributed by atoms with Gasteiger partial charge in [-0.1, -0.05) is 19.9 Å². The van der Waals surface area contributed by atoms with Gasteiger partial charge in [0.1, 0.15) is 0 Å². The maximum absolute atomic E-state index is 11.9. The van der Waals surface area contributed by atoms with Gasteiger partial charge in [0.2, 0.25) is 0 Å². The average Bonchev–Trinajstić information content (AvgIpc) is 3.09. The van der Waals surface area contributed by atoms with Crippen molar-refractivity contribution >= 4 is 29.3 Å². The summed E-state index contributed by atoms with van der Waals surface area (Å²) in [4.78, 5) is 23.0. The van der Waals surface area contributed by atoms with Gasteiger partial charge in [-0.2, -0.15) is 11.8 Å². The molecule has 0 aromatic heterocycles. The number of ketones is 1. The molecule has 3 rings (SSSR count). The molecular formula is C17H26N2O2S. The summed E-state index contributed by atoms with van der Waals surface area (Å²) >= 11 is 1.75. The highest BCUT2D eigenvalue weighted by Crippen LogP contribution is 2.38. The third-order valence-electron chi connectivity index (χ3n) is 3.63. The molecule has 0 radical (unpaired) electrons. The second-order valence-corrected chi connectivity index (χ2v) is 5.91. The molecule has 0 saturated heterocycles. The number of amides is 2. The van der Waals surface area contributed by atoms with Crippen molar-refractivity contribution in [1.82, 2.24) is 0 Å². The van der Waals surface area contributed by atoms with E-state index in [1.165, 1.54) is 5.56 Å². The first-order chi connectivity index (χ1) is 10.6. The Bertz CT molecular complexity index is 556. The first-order valence-corrected chi connectivity index (χ1v) is 9.39. The zero-order chi connectivity index (χ0) is 16.7. The smallest absolute Gasteiger partial charge is 0.316 e. The van der Waals surface area contributed by atoms with Crippen LogP contribution in [0.4, 0.5) is 10.5 Å². The van der Waals surface area contributed by atoms with Crippen molar-refractivity contribution in [3.63, 3.8) is 0 Å². The molecule has 2 aliphatic rings. The molecule has 0 spiro atoms. The molecule has 0 heterocycles.